The molecular formula is C27H22N2O3S. The molecule has 3 aromatic carbocycles. The lowest BCUT2D eigenvalue weighted by atomic mass is 9.89. The van der Waals surface area contributed by atoms with Crippen LogP contribution in [0.15, 0.2) is 54.6 Å². The first-order chi connectivity index (χ1) is 16.0. The van der Waals surface area contributed by atoms with Crippen LogP contribution >= 0.6 is 11.3 Å². The number of nitriles is 1. The maximum Gasteiger partial charge on any atom is 0.339 e. The lowest BCUT2D eigenvalue weighted by Crippen LogP contribution is -2.21. The van der Waals surface area contributed by atoms with E-state index in [-0.39, 0.29) is 0 Å². The Kier molecular flexibility index (Phi) is 5.57. The van der Waals surface area contributed by atoms with Crippen LogP contribution in [0.25, 0.3) is 21.5 Å². The molecule has 0 spiro atoms. The highest BCUT2D eigenvalue weighted by molar-refractivity contribution is 7.16. The van der Waals surface area contributed by atoms with Crippen molar-refractivity contribution in [2.75, 3.05) is 11.9 Å². The Labute approximate surface area is 195 Å². The molecule has 1 heterocycles. The van der Waals surface area contributed by atoms with E-state index in [0.717, 1.165) is 46.4 Å². The van der Waals surface area contributed by atoms with E-state index in [1.165, 1.54) is 16.2 Å². The molecule has 1 unspecified atom stereocenters. The van der Waals surface area contributed by atoms with Gasteiger partial charge < -0.3 is 10.1 Å². The molecule has 4 aromatic rings. The summed E-state index contributed by atoms with van der Waals surface area (Å²) in [5, 5.41) is 16.4. The summed E-state index contributed by atoms with van der Waals surface area (Å²) in [7, 11) is 0. The van der Waals surface area contributed by atoms with Gasteiger partial charge in [0.2, 0.25) is 0 Å². The van der Waals surface area contributed by atoms with E-state index in [1.807, 2.05) is 54.6 Å². The van der Waals surface area contributed by atoms with E-state index in [1.54, 1.807) is 0 Å². The number of hydrogen-bond acceptors (Lipinski definition) is 5. The molecule has 33 heavy (non-hydrogen) atoms. The van der Waals surface area contributed by atoms with Gasteiger partial charge in [-0.05, 0) is 58.4 Å². The standard InChI is InChI=1S/C27H22N2O3S/c1-16-10-11-21-22(14-28)26(33-23(21)12-16)29-24(30)15-32-27(31)25-19-8-4-2-6-17(19)13-18-7-3-5-9-20(18)25/h2-9,13,16H,10-12,15H2,1H3,(H,29,30). The van der Waals surface area contributed by atoms with Crippen molar-refractivity contribution in [3.63, 3.8) is 0 Å². The van der Waals surface area contributed by atoms with E-state index >= 15 is 0 Å². The summed E-state index contributed by atoms with van der Waals surface area (Å²) in [5.74, 6) is -0.420. The van der Waals surface area contributed by atoms with Crippen molar-refractivity contribution in [2.24, 2.45) is 5.92 Å². The number of ether oxygens (including phenoxy) is 1. The second kappa shape index (κ2) is 8.68. The Hall–Kier alpha value is -3.69. The number of nitrogens with zero attached hydrogens (tertiary/aromatic N) is 1. The van der Waals surface area contributed by atoms with Crippen LogP contribution in [-0.2, 0) is 22.4 Å². The summed E-state index contributed by atoms with van der Waals surface area (Å²) in [5.41, 5.74) is 2.05. The number of amides is 1. The zero-order valence-corrected chi connectivity index (χ0v) is 19.0. The van der Waals surface area contributed by atoms with Crippen molar-refractivity contribution in [3.8, 4) is 6.07 Å². The van der Waals surface area contributed by atoms with Crippen LogP contribution in [0.4, 0.5) is 5.00 Å². The minimum atomic E-state index is -0.544. The third kappa shape index (κ3) is 3.96. The second-order valence-corrected chi connectivity index (χ2v) is 9.59. The number of esters is 1. The molecule has 164 valence electrons. The summed E-state index contributed by atoms with van der Waals surface area (Å²) < 4.78 is 5.44. The number of benzene rings is 3. The van der Waals surface area contributed by atoms with Crippen LogP contribution in [0, 0.1) is 17.2 Å². The molecule has 0 bridgehead atoms. The zero-order valence-electron chi connectivity index (χ0n) is 18.2. The predicted octanol–water partition coefficient (Wildman–Crippen LogP) is 5.85. The fourth-order valence-corrected chi connectivity index (χ4v) is 5.93. The number of rotatable bonds is 4. The van der Waals surface area contributed by atoms with Crippen LogP contribution in [0.3, 0.4) is 0 Å². The Balaban J connectivity index is 1.37. The maximum atomic E-state index is 13.1. The van der Waals surface area contributed by atoms with E-state index < -0.39 is 18.5 Å². The third-order valence-corrected chi connectivity index (χ3v) is 7.36. The van der Waals surface area contributed by atoms with Gasteiger partial charge in [0.15, 0.2) is 6.61 Å². The SMILES string of the molecule is CC1CCc2c(sc(NC(=O)COC(=O)c3c4ccccc4cc4ccccc34)c2C#N)C1. The molecule has 1 aliphatic rings. The van der Waals surface area contributed by atoms with Gasteiger partial charge in [-0.1, -0.05) is 55.5 Å². The van der Waals surface area contributed by atoms with Gasteiger partial charge in [0.05, 0.1) is 11.1 Å². The average Bonchev–Trinajstić information content (AvgIpc) is 3.16. The second-order valence-electron chi connectivity index (χ2n) is 8.49. The Bertz CT molecular complexity index is 1390. The van der Waals surface area contributed by atoms with Crippen molar-refractivity contribution in [1.29, 1.82) is 5.26 Å². The normalized spacial score (nSPS) is 15.1. The lowest BCUT2D eigenvalue weighted by molar-refractivity contribution is -0.119. The van der Waals surface area contributed by atoms with Crippen molar-refractivity contribution >= 4 is 49.8 Å². The third-order valence-electron chi connectivity index (χ3n) is 6.19. The van der Waals surface area contributed by atoms with Gasteiger partial charge in [-0.15, -0.1) is 11.3 Å². The van der Waals surface area contributed by atoms with Crippen molar-refractivity contribution in [1.82, 2.24) is 0 Å². The van der Waals surface area contributed by atoms with Crippen LogP contribution in [0.2, 0.25) is 0 Å². The quantitative estimate of drug-likeness (QED) is 0.310. The number of carbonyl (C=O) groups is 2. The summed E-state index contributed by atoms with van der Waals surface area (Å²) in [6, 6.07) is 19.6. The summed E-state index contributed by atoms with van der Waals surface area (Å²) >= 11 is 1.46. The molecule has 0 saturated heterocycles. The van der Waals surface area contributed by atoms with Gasteiger partial charge >= 0.3 is 5.97 Å². The molecule has 0 fully saturated rings. The number of thiophene rings is 1. The van der Waals surface area contributed by atoms with Crippen LogP contribution in [-0.4, -0.2) is 18.5 Å². The Morgan fingerprint density at radius 2 is 1.79 bits per heavy atom. The first-order valence-electron chi connectivity index (χ1n) is 11.0. The lowest BCUT2D eigenvalue weighted by Gasteiger charge is -2.17. The zero-order chi connectivity index (χ0) is 22.9. The summed E-state index contributed by atoms with van der Waals surface area (Å²) in [6.07, 6.45) is 2.82. The monoisotopic (exact) mass is 454 g/mol. The number of hydrogen-bond donors (Lipinski definition) is 1. The molecule has 1 amide bonds. The average molecular weight is 455 g/mol. The van der Waals surface area contributed by atoms with Crippen molar-refractivity contribution < 1.29 is 14.3 Å². The van der Waals surface area contributed by atoms with Gasteiger partial charge in [-0.3, -0.25) is 4.79 Å². The smallest absolute Gasteiger partial charge is 0.339 e. The van der Waals surface area contributed by atoms with Crippen LogP contribution < -0.4 is 5.32 Å². The van der Waals surface area contributed by atoms with Crippen molar-refractivity contribution in [2.45, 2.75) is 26.2 Å². The van der Waals surface area contributed by atoms with Crippen molar-refractivity contribution in [3.05, 3.63) is 76.2 Å². The predicted molar refractivity (Wildman–Crippen MR) is 131 cm³/mol. The van der Waals surface area contributed by atoms with Gasteiger partial charge in [-0.2, -0.15) is 5.26 Å². The molecule has 1 N–H and O–H groups in total. The molecule has 1 atom stereocenters. The highest BCUT2D eigenvalue weighted by Gasteiger charge is 2.25. The van der Waals surface area contributed by atoms with Gasteiger partial charge in [0.1, 0.15) is 11.1 Å². The fraction of sp³-hybridized carbons (Fsp3) is 0.222. The van der Waals surface area contributed by atoms with Crippen LogP contribution in [0.1, 0.15) is 39.7 Å². The molecule has 5 rings (SSSR count). The molecular weight excluding hydrogens is 432 g/mol. The Morgan fingerprint density at radius 1 is 1.12 bits per heavy atom. The van der Waals surface area contributed by atoms with E-state index in [4.69, 9.17) is 4.74 Å². The van der Waals surface area contributed by atoms with Gasteiger partial charge in [-0.25, -0.2) is 4.79 Å². The molecule has 0 radical (unpaired) electrons. The minimum Gasteiger partial charge on any atom is -0.452 e. The molecule has 6 heteroatoms. The topological polar surface area (TPSA) is 79.2 Å². The van der Waals surface area contributed by atoms with Gasteiger partial charge in [0.25, 0.3) is 5.91 Å². The first-order valence-corrected chi connectivity index (χ1v) is 11.8. The molecule has 1 aromatic heterocycles. The number of carbonyl (C=O) groups excluding carboxylic acids is 2. The number of nitrogens with one attached hydrogen (secondary N) is 1. The maximum absolute atomic E-state index is 13.1. The van der Waals surface area contributed by atoms with E-state index in [2.05, 4.69) is 18.3 Å². The van der Waals surface area contributed by atoms with Gasteiger partial charge in [0, 0.05) is 4.88 Å². The number of fused-ring (bicyclic) bond motifs is 3. The largest absolute Gasteiger partial charge is 0.452 e. The van der Waals surface area contributed by atoms with E-state index in [9.17, 15) is 14.9 Å². The molecule has 1 aliphatic carbocycles. The molecule has 0 aliphatic heterocycles. The van der Waals surface area contributed by atoms with Crippen LogP contribution in [0.5, 0.6) is 0 Å². The highest BCUT2D eigenvalue weighted by atomic mass is 32.1. The minimum absolute atomic E-state index is 0.416. The fourth-order valence-electron chi connectivity index (χ4n) is 4.56. The highest BCUT2D eigenvalue weighted by Crippen LogP contribution is 2.39. The summed E-state index contributed by atoms with van der Waals surface area (Å²) in [6.45, 7) is 1.78. The molecule has 0 saturated carbocycles. The Morgan fingerprint density at radius 3 is 2.45 bits per heavy atom. The summed E-state index contributed by atoms with van der Waals surface area (Å²) in [4.78, 5) is 26.9. The van der Waals surface area contributed by atoms with E-state index in [0.29, 0.717) is 22.0 Å². The first kappa shape index (κ1) is 21.2. The molecule has 5 nitrogen and oxygen atoms in total. The number of anilines is 1.